The number of fused-ring (bicyclic) bond motifs is 3. The SMILES string of the molecule is CNc1ccccc1-c1ccc(C(=O)N[C@@H]2C3CCN(CC3)[C@@H]2C)[nH]1. The fourth-order valence-corrected chi connectivity index (χ4v) is 4.40. The second-order valence-electron chi connectivity index (χ2n) is 7.19. The van der Waals surface area contributed by atoms with Crippen LogP contribution in [0, 0.1) is 5.92 Å². The van der Waals surface area contributed by atoms with Gasteiger partial charge in [-0.05, 0) is 57.0 Å². The lowest BCUT2D eigenvalue weighted by Gasteiger charge is -2.49. The highest BCUT2D eigenvalue weighted by atomic mass is 16.2. The van der Waals surface area contributed by atoms with Gasteiger partial charge in [0.2, 0.25) is 0 Å². The summed E-state index contributed by atoms with van der Waals surface area (Å²) >= 11 is 0. The highest BCUT2D eigenvalue weighted by molar-refractivity contribution is 5.94. The maximum Gasteiger partial charge on any atom is 0.267 e. The molecule has 0 unspecified atom stereocenters. The van der Waals surface area contributed by atoms with Crippen molar-refractivity contribution in [1.82, 2.24) is 15.2 Å². The van der Waals surface area contributed by atoms with Crippen LogP contribution in [0.1, 0.15) is 30.3 Å². The van der Waals surface area contributed by atoms with Crippen molar-refractivity contribution in [2.45, 2.75) is 31.8 Å². The maximum atomic E-state index is 12.8. The summed E-state index contributed by atoms with van der Waals surface area (Å²) in [5.74, 6) is 0.613. The molecule has 2 atom stereocenters. The summed E-state index contributed by atoms with van der Waals surface area (Å²) < 4.78 is 0. The molecule has 0 spiro atoms. The number of amides is 1. The fraction of sp³-hybridized carbons (Fsp3) is 0.450. The Hall–Kier alpha value is -2.27. The number of benzene rings is 1. The third-order valence-corrected chi connectivity index (χ3v) is 5.89. The monoisotopic (exact) mass is 338 g/mol. The van der Waals surface area contributed by atoms with Crippen molar-refractivity contribution in [1.29, 1.82) is 0 Å². The smallest absolute Gasteiger partial charge is 0.267 e. The first-order chi connectivity index (χ1) is 12.2. The molecule has 3 saturated heterocycles. The number of anilines is 1. The average molecular weight is 338 g/mol. The molecule has 3 aliphatic heterocycles. The highest BCUT2D eigenvalue weighted by Gasteiger charge is 2.40. The lowest BCUT2D eigenvalue weighted by Crippen LogP contribution is -2.62. The van der Waals surface area contributed by atoms with Crippen molar-refractivity contribution >= 4 is 11.6 Å². The zero-order valence-electron chi connectivity index (χ0n) is 14.9. The van der Waals surface area contributed by atoms with Crippen molar-refractivity contribution in [3.05, 3.63) is 42.1 Å². The normalized spacial score (nSPS) is 27.9. The molecular weight excluding hydrogens is 312 g/mol. The van der Waals surface area contributed by atoms with Crippen molar-refractivity contribution in [3.63, 3.8) is 0 Å². The quantitative estimate of drug-likeness (QED) is 0.803. The predicted octanol–water partition coefficient (Wildman–Crippen LogP) is 2.94. The molecule has 2 bridgehead atoms. The summed E-state index contributed by atoms with van der Waals surface area (Å²) in [6, 6.07) is 12.6. The number of hydrogen-bond acceptors (Lipinski definition) is 3. The van der Waals surface area contributed by atoms with E-state index in [0.717, 1.165) is 16.9 Å². The molecule has 5 heteroatoms. The van der Waals surface area contributed by atoms with E-state index in [0.29, 0.717) is 17.7 Å². The maximum absolute atomic E-state index is 12.8. The Balaban J connectivity index is 1.51. The van der Waals surface area contributed by atoms with Gasteiger partial charge in [-0.15, -0.1) is 0 Å². The zero-order chi connectivity index (χ0) is 17.4. The topological polar surface area (TPSA) is 60.2 Å². The molecule has 1 amide bonds. The van der Waals surface area contributed by atoms with Crippen LogP contribution in [0.3, 0.4) is 0 Å². The predicted molar refractivity (Wildman–Crippen MR) is 101 cm³/mol. The third-order valence-electron chi connectivity index (χ3n) is 5.89. The molecule has 132 valence electrons. The van der Waals surface area contributed by atoms with Gasteiger partial charge < -0.3 is 15.6 Å². The number of nitrogens with one attached hydrogen (secondary N) is 3. The summed E-state index contributed by atoms with van der Waals surface area (Å²) in [5.41, 5.74) is 3.70. The van der Waals surface area contributed by atoms with Gasteiger partial charge in [0.1, 0.15) is 5.69 Å². The van der Waals surface area contributed by atoms with E-state index in [1.165, 1.54) is 25.9 Å². The third kappa shape index (κ3) is 2.93. The van der Waals surface area contributed by atoms with Crippen LogP contribution in [-0.2, 0) is 0 Å². The number of aromatic amines is 1. The van der Waals surface area contributed by atoms with Gasteiger partial charge in [0.15, 0.2) is 0 Å². The van der Waals surface area contributed by atoms with Crippen LogP contribution < -0.4 is 10.6 Å². The second-order valence-corrected chi connectivity index (χ2v) is 7.19. The lowest BCUT2D eigenvalue weighted by molar-refractivity contribution is 0.0216. The molecule has 3 N–H and O–H groups in total. The number of rotatable bonds is 4. The Morgan fingerprint density at radius 2 is 1.92 bits per heavy atom. The van der Waals surface area contributed by atoms with Crippen LogP contribution in [0.15, 0.2) is 36.4 Å². The number of nitrogens with zero attached hydrogens (tertiary/aromatic N) is 1. The fourth-order valence-electron chi connectivity index (χ4n) is 4.40. The number of hydrogen-bond donors (Lipinski definition) is 3. The van der Waals surface area contributed by atoms with Crippen LogP contribution in [0.4, 0.5) is 5.69 Å². The molecule has 0 radical (unpaired) electrons. The molecule has 1 aromatic carbocycles. The minimum atomic E-state index is -0.00112. The standard InChI is InChI=1S/C20H26N4O/c1-13-19(14-9-11-24(13)12-10-14)23-20(25)18-8-7-17(22-18)15-5-3-4-6-16(15)21-2/h3-8,13-14,19,21-22H,9-12H2,1-2H3,(H,23,25)/t13-,19+/m1/s1. The van der Waals surface area contributed by atoms with Crippen LogP contribution in [0.25, 0.3) is 11.3 Å². The largest absolute Gasteiger partial charge is 0.388 e. The summed E-state index contributed by atoms with van der Waals surface area (Å²) in [6.07, 6.45) is 2.39. The minimum absolute atomic E-state index is 0.00112. The molecule has 1 aromatic heterocycles. The van der Waals surface area contributed by atoms with E-state index in [1.54, 1.807) is 0 Å². The van der Waals surface area contributed by atoms with Gasteiger partial charge in [0.25, 0.3) is 5.91 Å². The molecule has 0 aliphatic carbocycles. The lowest BCUT2D eigenvalue weighted by atomic mass is 9.79. The summed E-state index contributed by atoms with van der Waals surface area (Å²) in [6.45, 7) is 4.58. The number of piperidine rings is 3. The average Bonchev–Trinajstić information content (AvgIpc) is 3.15. The van der Waals surface area contributed by atoms with Gasteiger partial charge >= 0.3 is 0 Å². The van der Waals surface area contributed by atoms with Crippen LogP contribution in [-0.4, -0.2) is 48.0 Å². The number of para-hydroxylation sites is 1. The van der Waals surface area contributed by atoms with Crippen molar-refractivity contribution in [3.8, 4) is 11.3 Å². The Kier molecular flexibility index (Phi) is 4.25. The molecule has 0 saturated carbocycles. The van der Waals surface area contributed by atoms with Gasteiger partial charge in [-0.2, -0.15) is 0 Å². The first-order valence-corrected chi connectivity index (χ1v) is 9.18. The van der Waals surface area contributed by atoms with Crippen molar-refractivity contribution in [2.24, 2.45) is 5.92 Å². The van der Waals surface area contributed by atoms with E-state index in [1.807, 2.05) is 37.4 Å². The first kappa shape index (κ1) is 16.2. The van der Waals surface area contributed by atoms with Gasteiger partial charge in [0.05, 0.1) is 0 Å². The molecule has 5 rings (SSSR count). The van der Waals surface area contributed by atoms with Gasteiger partial charge in [-0.1, -0.05) is 18.2 Å². The van der Waals surface area contributed by atoms with Crippen LogP contribution in [0.5, 0.6) is 0 Å². The highest BCUT2D eigenvalue weighted by Crippen LogP contribution is 2.32. The molecule has 3 fully saturated rings. The van der Waals surface area contributed by atoms with Crippen LogP contribution >= 0.6 is 0 Å². The molecular formula is C20H26N4O. The Bertz CT molecular complexity index is 759. The second kappa shape index (κ2) is 6.56. The Morgan fingerprint density at radius 1 is 1.16 bits per heavy atom. The minimum Gasteiger partial charge on any atom is -0.388 e. The Morgan fingerprint density at radius 3 is 2.64 bits per heavy atom. The summed E-state index contributed by atoms with van der Waals surface area (Å²) in [4.78, 5) is 18.5. The van der Waals surface area contributed by atoms with E-state index >= 15 is 0 Å². The van der Waals surface area contributed by atoms with E-state index < -0.39 is 0 Å². The number of H-pyrrole nitrogens is 1. The van der Waals surface area contributed by atoms with E-state index in [9.17, 15) is 4.79 Å². The summed E-state index contributed by atoms with van der Waals surface area (Å²) in [7, 11) is 1.91. The molecule has 25 heavy (non-hydrogen) atoms. The molecule has 2 aromatic rings. The number of carbonyl (C=O) groups excluding carboxylic acids is 1. The number of carbonyl (C=O) groups is 1. The van der Waals surface area contributed by atoms with Gasteiger partial charge in [0, 0.05) is 36.1 Å². The first-order valence-electron chi connectivity index (χ1n) is 9.18. The van der Waals surface area contributed by atoms with Gasteiger partial charge in [-0.3, -0.25) is 9.69 Å². The van der Waals surface area contributed by atoms with E-state index in [-0.39, 0.29) is 11.9 Å². The molecule has 3 aliphatic rings. The van der Waals surface area contributed by atoms with E-state index in [2.05, 4.69) is 33.5 Å². The zero-order valence-corrected chi connectivity index (χ0v) is 14.9. The van der Waals surface area contributed by atoms with Crippen LogP contribution in [0.2, 0.25) is 0 Å². The molecule has 5 nitrogen and oxygen atoms in total. The summed E-state index contributed by atoms with van der Waals surface area (Å²) in [5, 5.41) is 6.48. The van der Waals surface area contributed by atoms with Gasteiger partial charge in [-0.25, -0.2) is 0 Å². The Labute approximate surface area is 148 Å². The molecule has 4 heterocycles. The van der Waals surface area contributed by atoms with Crippen molar-refractivity contribution in [2.75, 3.05) is 25.5 Å². The van der Waals surface area contributed by atoms with E-state index in [4.69, 9.17) is 0 Å². The van der Waals surface area contributed by atoms with Crippen molar-refractivity contribution < 1.29 is 4.79 Å². The number of aromatic nitrogens is 1.